The van der Waals surface area contributed by atoms with Crippen LogP contribution in [0.25, 0.3) is 11.5 Å². The van der Waals surface area contributed by atoms with Crippen molar-refractivity contribution in [3.63, 3.8) is 0 Å². The average Bonchev–Trinajstić information content (AvgIpc) is 3.22. The molecule has 1 aliphatic heterocycles. The number of benzene rings is 2. The smallest absolute Gasteiger partial charge is 0.257 e. The van der Waals surface area contributed by atoms with E-state index in [-0.39, 0.29) is 11.7 Å². The second-order valence-corrected chi connectivity index (χ2v) is 7.37. The van der Waals surface area contributed by atoms with Crippen molar-refractivity contribution in [2.75, 3.05) is 33.3 Å². The third-order valence-electron chi connectivity index (χ3n) is 4.98. The van der Waals surface area contributed by atoms with Gasteiger partial charge in [0.15, 0.2) is 5.82 Å². The van der Waals surface area contributed by atoms with Gasteiger partial charge in [-0.05, 0) is 42.5 Å². The van der Waals surface area contributed by atoms with E-state index >= 15 is 0 Å². The van der Waals surface area contributed by atoms with E-state index in [0.717, 1.165) is 0 Å². The summed E-state index contributed by atoms with van der Waals surface area (Å²) < 4.78 is 23.6. The molecule has 9 heteroatoms. The van der Waals surface area contributed by atoms with E-state index in [1.807, 2.05) is 0 Å². The first kappa shape index (κ1) is 20.3. The number of aromatic nitrogens is 2. The van der Waals surface area contributed by atoms with Gasteiger partial charge in [0, 0.05) is 36.8 Å². The van der Waals surface area contributed by atoms with Crippen LogP contribution in [0, 0.1) is 5.82 Å². The number of hydrogen-bond acceptors (Lipinski definition) is 6. The molecule has 156 valence electrons. The van der Waals surface area contributed by atoms with Gasteiger partial charge in [0.2, 0.25) is 0 Å². The van der Waals surface area contributed by atoms with Gasteiger partial charge in [-0.3, -0.25) is 9.69 Å². The maximum absolute atomic E-state index is 13.1. The Morgan fingerprint density at radius 3 is 2.60 bits per heavy atom. The summed E-state index contributed by atoms with van der Waals surface area (Å²) in [6, 6.07) is 10.9. The van der Waals surface area contributed by atoms with Crippen LogP contribution in [0.15, 0.2) is 47.0 Å². The molecule has 1 aromatic heterocycles. The minimum atomic E-state index is -0.317. The minimum Gasteiger partial charge on any atom is -0.496 e. The number of ether oxygens (including phenoxy) is 1. The maximum Gasteiger partial charge on any atom is 0.257 e. The number of piperazine rings is 1. The fraction of sp³-hybridized carbons (Fsp3) is 0.286. The van der Waals surface area contributed by atoms with Crippen LogP contribution in [0.3, 0.4) is 0 Å². The van der Waals surface area contributed by atoms with Crippen molar-refractivity contribution in [1.29, 1.82) is 0 Å². The first-order valence-corrected chi connectivity index (χ1v) is 9.85. The van der Waals surface area contributed by atoms with E-state index in [9.17, 15) is 9.18 Å². The average molecular weight is 431 g/mol. The summed E-state index contributed by atoms with van der Waals surface area (Å²) in [6.45, 7) is 3.03. The van der Waals surface area contributed by atoms with Crippen molar-refractivity contribution in [2.45, 2.75) is 6.54 Å². The highest BCUT2D eigenvalue weighted by Gasteiger charge is 2.25. The standard InChI is InChI=1S/C21H20ClFN4O3/c1-29-18-12-15(22)4-7-17(18)21(28)27-10-8-26(9-11-27)13-19-24-20(30-25-19)14-2-5-16(23)6-3-14/h2-7,12H,8-11,13H2,1H3. The first-order chi connectivity index (χ1) is 14.5. The molecule has 1 aliphatic rings. The summed E-state index contributed by atoms with van der Waals surface area (Å²) in [5, 5.41) is 4.53. The highest BCUT2D eigenvalue weighted by molar-refractivity contribution is 6.30. The number of methoxy groups -OCH3 is 1. The van der Waals surface area contributed by atoms with E-state index in [1.54, 1.807) is 35.2 Å². The van der Waals surface area contributed by atoms with Crippen LogP contribution in [-0.2, 0) is 6.54 Å². The van der Waals surface area contributed by atoms with Gasteiger partial charge in [-0.15, -0.1) is 0 Å². The summed E-state index contributed by atoms with van der Waals surface area (Å²) in [6.07, 6.45) is 0. The molecule has 7 nitrogen and oxygen atoms in total. The number of carbonyl (C=O) groups excluding carboxylic acids is 1. The Bertz CT molecular complexity index is 1030. The number of carbonyl (C=O) groups is 1. The molecule has 0 atom stereocenters. The predicted octanol–water partition coefficient (Wildman–Crippen LogP) is 3.50. The van der Waals surface area contributed by atoms with Gasteiger partial charge in [-0.25, -0.2) is 4.39 Å². The zero-order valence-electron chi connectivity index (χ0n) is 16.3. The summed E-state index contributed by atoms with van der Waals surface area (Å²) in [4.78, 5) is 21.2. The van der Waals surface area contributed by atoms with Crippen LogP contribution >= 0.6 is 11.6 Å². The van der Waals surface area contributed by atoms with Gasteiger partial charge >= 0.3 is 0 Å². The van der Waals surface area contributed by atoms with Crippen molar-refractivity contribution < 1.29 is 18.4 Å². The molecule has 1 amide bonds. The Morgan fingerprint density at radius 2 is 1.90 bits per heavy atom. The molecule has 1 fully saturated rings. The normalized spacial score (nSPS) is 14.7. The van der Waals surface area contributed by atoms with Crippen molar-refractivity contribution in [3.05, 3.63) is 64.7 Å². The zero-order valence-corrected chi connectivity index (χ0v) is 17.1. The molecule has 1 saturated heterocycles. The second kappa shape index (κ2) is 8.81. The Hall–Kier alpha value is -2.97. The van der Waals surface area contributed by atoms with E-state index < -0.39 is 0 Å². The highest BCUT2D eigenvalue weighted by Crippen LogP contribution is 2.25. The maximum atomic E-state index is 13.1. The van der Waals surface area contributed by atoms with E-state index in [1.165, 1.54) is 19.2 Å². The molecule has 0 unspecified atom stereocenters. The fourth-order valence-corrected chi connectivity index (χ4v) is 3.51. The Kier molecular flexibility index (Phi) is 5.96. The van der Waals surface area contributed by atoms with Crippen LogP contribution in [-0.4, -0.2) is 59.1 Å². The molecule has 0 bridgehead atoms. The topological polar surface area (TPSA) is 71.7 Å². The van der Waals surface area contributed by atoms with Gasteiger partial charge in [0.25, 0.3) is 11.8 Å². The zero-order chi connectivity index (χ0) is 21.1. The van der Waals surface area contributed by atoms with Gasteiger partial charge in [0.1, 0.15) is 11.6 Å². The van der Waals surface area contributed by atoms with Crippen molar-refractivity contribution in [2.24, 2.45) is 0 Å². The molecule has 0 N–H and O–H groups in total. The summed E-state index contributed by atoms with van der Waals surface area (Å²) >= 11 is 5.98. The number of rotatable bonds is 5. The van der Waals surface area contributed by atoms with Crippen molar-refractivity contribution in [3.8, 4) is 17.2 Å². The molecule has 30 heavy (non-hydrogen) atoms. The van der Waals surface area contributed by atoms with Crippen LogP contribution in [0.4, 0.5) is 4.39 Å². The van der Waals surface area contributed by atoms with Gasteiger partial charge < -0.3 is 14.2 Å². The summed E-state index contributed by atoms with van der Waals surface area (Å²) in [5.74, 6) is 0.973. The lowest BCUT2D eigenvalue weighted by molar-refractivity contribution is 0.0621. The van der Waals surface area contributed by atoms with E-state index in [2.05, 4.69) is 15.0 Å². The summed E-state index contributed by atoms with van der Waals surface area (Å²) in [7, 11) is 1.52. The van der Waals surface area contributed by atoms with Crippen molar-refractivity contribution >= 4 is 17.5 Å². The Morgan fingerprint density at radius 1 is 1.17 bits per heavy atom. The molecule has 0 spiro atoms. The number of nitrogens with zero attached hydrogens (tertiary/aromatic N) is 4. The van der Waals surface area contributed by atoms with Crippen molar-refractivity contribution in [1.82, 2.24) is 19.9 Å². The van der Waals surface area contributed by atoms with Gasteiger partial charge in [0.05, 0.1) is 19.2 Å². The lowest BCUT2D eigenvalue weighted by atomic mass is 10.1. The molecule has 3 aromatic rings. The Balaban J connectivity index is 1.35. The molecule has 0 saturated carbocycles. The SMILES string of the molecule is COc1cc(Cl)ccc1C(=O)N1CCN(Cc2noc(-c3ccc(F)cc3)n2)CC1. The fourth-order valence-electron chi connectivity index (χ4n) is 3.35. The molecular formula is C21H20ClFN4O3. The molecule has 0 aliphatic carbocycles. The minimum absolute atomic E-state index is 0.0821. The molecular weight excluding hydrogens is 411 g/mol. The van der Waals surface area contributed by atoms with E-state index in [0.29, 0.717) is 66.3 Å². The first-order valence-electron chi connectivity index (χ1n) is 9.47. The van der Waals surface area contributed by atoms with Crippen LogP contribution < -0.4 is 4.74 Å². The molecule has 2 aromatic carbocycles. The lowest BCUT2D eigenvalue weighted by Crippen LogP contribution is -2.48. The molecule has 4 rings (SSSR count). The largest absolute Gasteiger partial charge is 0.496 e. The third-order valence-corrected chi connectivity index (χ3v) is 5.21. The monoisotopic (exact) mass is 430 g/mol. The number of halogens is 2. The van der Waals surface area contributed by atoms with Crippen LogP contribution in [0.2, 0.25) is 5.02 Å². The quantitative estimate of drug-likeness (QED) is 0.617. The van der Waals surface area contributed by atoms with Gasteiger partial charge in [-0.1, -0.05) is 16.8 Å². The third kappa shape index (κ3) is 4.44. The number of amides is 1. The summed E-state index contributed by atoms with van der Waals surface area (Å²) in [5.41, 5.74) is 1.17. The predicted molar refractivity (Wildman–Crippen MR) is 109 cm³/mol. The van der Waals surface area contributed by atoms with E-state index in [4.69, 9.17) is 20.9 Å². The second-order valence-electron chi connectivity index (χ2n) is 6.94. The van der Waals surface area contributed by atoms with Gasteiger partial charge in [-0.2, -0.15) is 4.98 Å². The highest BCUT2D eigenvalue weighted by atomic mass is 35.5. The molecule has 0 radical (unpaired) electrons. The van der Waals surface area contributed by atoms with Crippen LogP contribution in [0.5, 0.6) is 5.75 Å². The van der Waals surface area contributed by atoms with Crippen LogP contribution in [0.1, 0.15) is 16.2 Å². The molecule has 2 heterocycles. The lowest BCUT2D eigenvalue weighted by Gasteiger charge is -2.34. The Labute approximate surface area is 178 Å². The number of hydrogen-bond donors (Lipinski definition) is 0.